The standard InChI is InChI=1S/C49H30N4S/c1-4-14-31(15-5-1)40-30-43-46(38-21-11-10-20-36(38)40)39-22-12-13-23-42(39)53(43)35-25-26-37-41-28-34(24-27-44(41)54-45(37)29-35)49-51-47(32-16-6-2-7-17-32)50-48(52-49)33-18-8-3-9-19-33/h1-30H. The summed E-state index contributed by atoms with van der Waals surface area (Å²) in [5, 5.41) is 7.48. The molecule has 5 heteroatoms. The first-order valence-electron chi connectivity index (χ1n) is 18.1. The van der Waals surface area contributed by atoms with Crippen LogP contribution in [0.15, 0.2) is 182 Å². The highest BCUT2D eigenvalue weighted by atomic mass is 32.1. The molecule has 0 fully saturated rings. The molecule has 0 bridgehead atoms. The van der Waals surface area contributed by atoms with Crippen LogP contribution in [0.2, 0.25) is 0 Å². The predicted molar refractivity (Wildman–Crippen MR) is 226 cm³/mol. The van der Waals surface area contributed by atoms with Crippen LogP contribution in [-0.4, -0.2) is 19.5 Å². The summed E-state index contributed by atoms with van der Waals surface area (Å²) >= 11 is 1.82. The molecule has 0 spiro atoms. The number of para-hydroxylation sites is 1. The molecule has 0 N–H and O–H groups in total. The first kappa shape index (κ1) is 30.7. The van der Waals surface area contributed by atoms with Crippen LogP contribution in [0.4, 0.5) is 0 Å². The number of hydrogen-bond acceptors (Lipinski definition) is 4. The molecular formula is C49H30N4S. The molecular weight excluding hydrogens is 677 g/mol. The molecule has 0 atom stereocenters. The quantitative estimate of drug-likeness (QED) is 0.179. The van der Waals surface area contributed by atoms with Gasteiger partial charge in [-0.2, -0.15) is 0 Å². The van der Waals surface area contributed by atoms with Crippen molar-refractivity contribution in [2.45, 2.75) is 0 Å². The maximum Gasteiger partial charge on any atom is 0.164 e. The van der Waals surface area contributed by atoms with Crippen LogP contribution in [0.1, 0.15) is 0 Å². The van der Waals surface area contributed by atoms with Crippen molar-refractivity contribution in [3.8, 4) is 51.0 Å². The lowest BCUT2D eigenvalue weighted by Gasteiger charge is -2.12. The van der Waals surface area contributed by atoms with Crippen LogP contribution in [0.3, 0.4) is 0 Å². The average molecular weight is 707 g/mol. The molecule has 11 rings (SSSR count). The highest BCUT2D eigenvalue weighted by Gasteiger charge is 2.19. The van der Waals surface area contributed by atoms with Crippen LogP contribution < -0.4 is 0 Å². The molecule has 0 radical (unpaired) electrons. The summed E-state index contributed by atoms with van der Waals surface area (Å²) in [5.74, 6) is 1.98. The van der Waals surface area contributed by atoms with Crippen molar-refractivity contribution in [3.63, 3.8) is 0 Å². The predicted octanol–water partition coefficient (Wildman–Crippen LogP) is 13.2. The Morgan fingerprint density at radius 2 is 0.926 bits per heavy atom. The zero-order valence-electron chi connectivity index (χ0n) is 29.0. The molecule has 3 aromatic heterocycles. The summed E-state index contributed by atoms with van der Waals surface area (Å²) in [6.07, 6.45) is 0. The van der Waals surface area contributed by atoms with Crippen molar-refractivity contribution in [1.29, 1.82) is 0 Å². The van der Waals surface area contributed by atoms with E-state index in [1.807, 2.05) is 72.0 Å². The minimum absolute atomic E-state index is 0.660. The molecule has 11 aromatic rings. The lowest BCUT2D eigenvalue weighted by atomic mass is 9.95. The largest absolute Gasteiger partial charge is 0.309 e. The first-order chi connectivity index (χ1) is 26.8. The summed E-state index contributed by atoms with van der Waals surface area (Å²) in [7, 11) is 0. The number of aromatic nitrogens is 4. The molecule has 0 saturated carbocycles. The van der Waals surface area contributed by atoms with Gasteiger partial charge < -0.3 is 4.57 Å². The van der Waals surface area contributed by atoms with E-state index in [0.29, 0.717) is 17.5 Å². The SMILES string of the molecule is c1ccc(-c2nc(-c3ccccc3)nc(-c3ccc4sc5cc(-n6c7ccccc7c7c8ccccc8c(-c8ccccc8)cc76)ccc5c4c3)n2)cc1. The lowest BCUT2D eigenvalue weighted by molar-refractivity contribution is 1.07. The fourth-order valence-electron chi connectivity index (χ4n) is 7.95. The van der Waals surface area contributed by atoms with Crippen molar-refractivity contribution < 1.29 is 0 Å². The summed E-state index contributed by atoms with van der Waals surface area (Å²) in [6, 6.07) is 64.5. The Bertz CT molecular complexity index is 3140. The van der Waals surface area contributed by atoms with Gasteiger partial charge in [0, 0.05) is 53.3 Å². The highest BCUT2D eigenvalue weighted by molar-refractivity contribution is 7.25. The van der Waals surface area contributed by atoms with Gasteiger partial charge in [0.1, 0.15) is 0 Å². The van der Waals surface area contributed by atoms with Gasteiger partial charge >= 0.3 is 0 Å². The van der Waals surface area contributed by atoms with E-state index in [2.05, 4.69) is 126 Å². The van der Waals surface area contributed by atoms with Gasteiger partial charge in [0.2, 0.25) is 0 Å². The molecule has 54 heavy (non-hydrogen) atoms. The summed E-state index contributed by atoms with van der Waals surface area (Å²) < 4.78 is 4.91. The van der Waals surface area contributed by atoms with E-state index < -0.39 is 0 Å². The summed E-state index contributed by atoms with van der Waals surface area (Å²) in [6.45, 7) is 0. The zero-order chi connectivity index (χ0) is 35.6. The van der Waals surface area contributed by atoms with Gasteiger partial charge in [0.15, 0.2) is 17.5 Å². The van der Waals surface area contributed by atoms with Crippen molar-refractivity contribution in [1.82, 2.24) is 19.5 Å². The molecule has 3 heterocycles. The Hall–Kier alpha value is -6.95. The maximum atomic E-state index is 5.00. The summed E-state index contributed by atoms with van der Waals surface area (Å²) in [5.41, 5.74) is 8.89. The molecule has 8 aromatic carbocycles. The van der Waals surface area contributed by atoms with Crippen molar-refractivity contribution >= 4 is 64.1 Å². The van der Waals surface area contributed by atoms with E-state index >= 15 is 0 Å². The Morgan fingerprint density at radius 3 is 1.61 bits per heavy atom. The van der Waals surface area contributed by atoms with Crippen LogP contribution in [-0.2, 0) is 0 Å². The average Bonchev–Trinajstić information content (AvgIpc) is 3.79. The van der Waals surface area contributed by atoms with Crippen LogP contribution >= 0.6 is 11.3 Å². The third kappa shape index (κ3) is 4.94. The fourth-order valence-corrected chi connectivity index (χ4v) is 9.07. The Morgan fingerprint density at radius 1 is 0.352 bits per heavy atom. The van der Waals surface area contributed by atoms with E-state index in [-0.39, 0.29) is 0 Å². The van der Waals surface area contributed by atoms with Gasteiger partial charge in [-0.05, 0) is 64.4 Å². The second-order valence-electron chi connectivity index (χ2n) is 13.6. The monoisotopic (exact) mass is 706 g/mol. The van der Waals surface area contributed by atoms with Crippen molar-refractivity contribution in [2.75, 3.05) is 0 Å². The minimum atomic E-state index is 0.660. The van der Waals surface area contributed by atoms with Gasteiger partial charge in [0.25, 0.3) is 0 Å². The normalized spacial score (nSPS) is 11.7. The highest BCUT2D eigenvalue weighted by Crippen LogP contribution is 2.43. The minimum Gasteiger partial charge on any atom is -0.309 e. The van der Waals surface area contributed by atoms with Crippen LogP contribution in [0.5, 0.6) is 0 Å². The van der Waals surface area contributed by atoms with E-state index in [4.69, 9.17) is 15.0 Å². The van der Waals surface area contributed by atoms with Crippen molar-refractivity contribution in [3.05, 3.63) is 182 Å². The topological polar surface area (TPSA) is 43.6 Å². The zero-order valence-corrected chi connectivity index (χ0v) is 29.8. The van der Waals surface area contributed by atoms with E-state index in [0.717, 1.165) is 22.4 Å². The number of benzene rings is 8. The molecule has 0 saturated heterocycles. The van der Waals surface area contributed by atoms with Crippen LogP contribution in [0.25, 0.3) is 104 Å². The van der Waals surface area contributed by atoms with Crippen LogP contribution in [0, 0.1) is 0 Å². The molecule has 0 aliphatic carbocycles. The molecule has 252 valence electrons. The fraction of sp³-hybridized carbons (Fsp3) is 0. The maximum absolute atomic E-state index is 5.00. The van der Waals surface area contributed by atoms with Gasteiger partial charge in [-0.25, -0.2) is 15.0 Å². The smallest absolute Gasteiger partial charge is 0.164 e. The molecule has 0 aliphatic rings. The third-order valence-corrected chi connectivity index (χ3v) is 11.6. The Labute approximate surface area is 315 Å². The van der Waals surface area contributed by atoms with E-state index in [9.17, 15) is 0 Å². The molecule has 0 unspecified atom stereocenters. The summed E-state index contributed by atoms with van der Waals surface area (Å²) in [4.78, 5) is 14.9. The Kier molecular flexibility index (Phi) is 7.00. The second-order valence-corrected chi connectivity index (χ2v) is 14.7. The van der Waals surface area contributed by atoms with Crippen molar-refractivity contribution in [2.24, 2.45) is 0 Å². The van der Waals surface area contributed by atoms with E-state index in [1.165, 1.54) is 63.9 Å². The van der Waals surface area contributed by atoms with E-state index in [1.54, 1.807) is 0 Å². The lowest BCUT2D eigenvalue weighted by Crippen LogP contribution is -2.00. The number of hydrogen-bond donors (Lipinski definition) is 0. The van der Waals surface area contributed by atoms with Gasteiger partial charge in [-0.15, -0.1) is 11.3 Å². The Balaban J connectivity index is 1.09. The number of fused-ring (bicyclic) bond motifs is 8. The van der Waals surface area contributed by atoms with Gasteiger partial charge in [0.05, 0.1) is 11.0 Å². The number of thiophene rings is 1. The second kappa shape index (κ2) is 12.3. The molecule has 0 amide bonds. The number of nitrogens with zero attached hydrogens (tertiary/aromatic N) is 4. The number of rotatable bonds is 5. The third-order valence-electron chi connectivity index (χ3n) is 10.4. The van der Waals surface area contributed by atoms with Gasteiger partial charge in [-0.3, -0.25) is 0 Å². The van der Waals surface area contributed by atoms with Gasteiger partial charge in [-0.1, -0.05) is 140 Å². The molecule has 0 aliphatic heterocycles. The first-order valence-corrected chi connectivity index (χ1v) is 18.9. The molecule has 4 nitrogen and oxygen atoms in total.